The van der Waals surface area contributed by atoms with Crippen LogP contribution in [0.4, 0.5) is 0 Å². The molecule has 3 N–H and O–H groups in total. The van der Waals surface area contributed by atoms with Crippen molar-refractivity contribution in [3.05, 3.63) is 39.0 Å². The van der Waals surface area contributed by atoms with E-state index in [1.54, 1.807) is 19.1 Å². The molecule has 2 amide bonds. The number of benzene rings is 2. The van der Waals surface area contributed by atoms with Gasteiger partial charge in [0.1, 0.15) is 0 Å². The van der Waals surface area contributed by atoms with Crippen molar-refractivity contribution in [3.8, 4) is 28.7 Å². The van der Waals surface area contributed by atoms with Gasteiger partial charge in [0.15, 0.2) is 23.0 Å². The van der Waals surface area contributed by atoms with Crippen LogP contribution < -0.4 is 29.7 Å². The Morgan fingerprint density at radius 1 is 1.06 bits per heavy atom. The summed E-state index contributed by atoms with van der Waals surface area (Å²) in [6.45, 7) is 1.90. The van der Waals surface area contributed by atoms with Crippen LogP contribution in [0.25, 0.3) is 0 Å². The molecule has 0 aliphatic heterocycles. The van der Waals surface area contributed by atoms with Crippen molar-refractivity contribution in [3.63, 3.8) is 0 Å². The third kappa shape index (κ3) is 6.39. The first-order valence-corrected chi connectivity index (χ1v) is 10.5. The molecular formula is C21H24IN3O7. The van der Waals surface area contributed by atoms with Crippen LogP contribution in [0.2, 0.25) is 0 Å². The van der Waals surface area contributed by atoms with Gasteiger partial charge in [0, 0.05) is 5.56 Å². The maximum atomic E-state index is 12.4. The van der Waals surface area contributed by atoms with Crippen molar-refractivity contribution >= 4 is 40.6 Å². The average Bonchev–Trinajstić information content (AvgIpc) is 2.79. The van der Waals surface area contributed by atoms with Gasteiger partial charge in [-0.05, 0) is 59.3 Å². The van der Waals surface area contributed by atoms with Gasteiger partial charge >= 0.3 is 0 Å². The number of hydrazone groups is 1. The highest BCUT2D eigenvalue weighted by atomic mass is 127. The number of ether oxygens (including phenoxy) is 4. The maximum absolute atomic E-state index is 12.4. The molecular weight excluding hydrogens is 533 g/mol. The van der Waals surface area contributed by atoms with Gasteiger partial charge in [0.2, 0.25) is 5.75 Å². The third-order valence-electron chi connectivity index (χ3n) is 4.09. The highest BCUT2D eigenvalue weighted by Gasteiger charge is 2.17. The molecule has 0 heterocycles. The second kappa shape index (κ2) is 12.0. The number of nitrogens with zero attached hydrogens (tertiary/aromatic N) is 1. The van der Waals surface area contributed by atoms with Crippen molar-refractivity contribution in [2.24, 2.45) is 5.10 Å². The molecule has 0 fully saturated rings. The van der Waals surface area contributed by atoms with E-state index in [9.17, 15) is 14.7 Å². The Balaban J connectivity index is 1.98. The molecule has 2 aromatic rings. The standard InChI is InChI=1S/C21H24IN3O7/c1-5-32-15-7-12(6-14(22)19(15)27)10-24-25-18(26)11-23-21(28)13-8-16(29-2)20(31-4)17(9-13)30-3/h6-10,27H,5,11H2,1-4H3,(H,23,28)(H,25,26). The molecule has 0 unspecified atom stereocenters. The van der Waals surface area contributed by atoms with Gasteiger partial charge in [-0.25, -0.2) is 5.43 Å². The molecule has 2 rings (SSSR count). The number of phenols is 1. The predicted molar refractivity (Wildman–Crippen MR) is 126 cm³/mol. The van der Waals surface area contributed by atoms with Crippen molar-refractivity contribution in [1.29, 1.82) is 0 Å². The van der Waals surface area contributed by atoms with Crippen LogP contribution in [0.3, 0.4) is 0 Å². The van der Waals surface area contributed by atoms with Crippen LogP contribution in [0, 0.1) is 3.57 Å². The fraction of sp³-hybridized carbons (Fsp3) is 0.286. The number of hydrogen-bond acceptors (Lipinski definition) is 8. The van der Waals surface area contributed by atoms with E-state index in [1.165, 1.54) is 39.7 Å². The van der Waals surface area contributed by atoms with Gasteiger partial charge in [0.25, 0.3) is 11.8 Å². The van der Waals surface area contributed by atoms with Gasteiger partial charge in [-0.1, -0.05) is 0 Å². The van der Waals surface area contributed by atoms with Crippen molar-refractivity contribution < 1.29 is 33.6 Å². The molecule has 0 saturated carbocycles. The molecule has 0 spiro atoms. The Kier molecular flexibility index (Phi) is 9.38. The number of rotatable bonds is 10. The van der Waals surface area contributed by atoms with E-state index in [-0.39, 0.29) is 17.9 Å². The Hall–Kier alpha value is -3.22. The lowest BCUT2D eigenvalue weighted by Crippen LogP contribution is -2.34. The number of carbonyl (C=O) groups excluding carboxylic acids is 2. The fourth-order valence-electron chi connectivity index (χ4n) is 2.63. The summed E-state index contributed by atoms with van der Waals surface area (Å²) in [4.78, 5) is 24.5. The molecule has 2 aromatic carbocycles. The Bertz CT molecular complexity index is 986. The molecule has 0 bridgehead atoms. The zero-order valence-corrected chi connectivity index (χ0v) is 20.2. The summed E-state index contributed by atoms with van der Waals surface area (Å²) >= 11 is 1.97. The second-order valence-corrected chi connectivity index (χ2v) is 7.33. The number of nitrogens with one attached hydrogen (secondary N) is 2. The molecule has 11 heteroatoms. The lowest BCUT2D eigenvalue weighted by Gasteiger charge is -2.14. The highest BCUT2D eigenvalue weighted by molar-refractivity contribution is 14.1. The summed E-state index contributed by atoms with van der Waals surface area (Å²) in [5.41, 5.74) is 3.18. The molecule has 0 atom stereocenters. The number of phenolic OH excluding ortho intramolecular Hbond substituents is 1. The largest absolute Gasteiger partial charge is 0.504 e. The summed E-state index contributed by atoms with van der Waals surface area (Å²) in [5, 5.41) is 16.3. The van der Waals surface area contributed by atoms with E-state index in [4.69, 9.17) is 18.9 Å². The number of halogens is 1. The minimum atomic E-state index is -0.527. The van der Waals surface area contributed by atoms with Crippen LogP contribution in [-0.4, -0.2) is 57.6 Å². The topological polar surface area (TPSA) is 128 Å². The van der Waals surface area contributed by atoms with E-state index >= 15 is 0 Å². The van der Waals surface area contributed by atoms with Gasteiger partial charge in [0.05, 0.1) is 44.3 Å². The van der Waals surface area contributed by atoms with Crippen molar-refractivity contribution in [2.75, 3.05) is 34.5 Å². The number of hydrogen-bond donors (Lipinski definition) is 3. The van der Waals surface area contributed by atoms with Crippen molar-refractivity contribution in [2.45, 2.75) is 6.92 Å². The number of aromatic hydroxyl groups is 1. The van der Waals surface area contributed by atoms with Gasteiger partial charge in [-0.2, -0.15) is 5.10 Å². The smallest absolute Gasteiger partial charge is 0.259 e. The highest BCUT2D eigenvalue weighted by Crippen LogP contribution is 2.38. The molecule has 172 valence electrons. The second-order valence-electron chi connectivity index (χ2n) is 6.17. The molecule has 10 nitrogen and oxygen atoms in total. The molecule has 32 heavy (non-hydrogen) atoms. The average molecular weight is 557 g/mol. The first-order chi connectivity index (χ1) is 15.3. The van der Waals surface area contributed by atoms with Crippen LogP contribution in [0.5, 0.6) is 28.7 Å². The van der Waals surface area contributed by atoms with Crippen LogP contribution in [0.1, 0.15) is 22.8 Å². The third-order valence-corrected chi connectivity index (χ3v) is 4.91. The van der Waals surface area contributed by atoms with Gasteiger partial charge in [-0.15, -0.1) is 0 Å². The first-order valence-electron chi connectivity index (χ1n) is 9.39. The Morgan fingerprint density at radius 2 is 1.72 bits per heavy atom. The molecule has 0 aliphatic carbocycles. The van der Waals surface area contributed by atoms with Crippen molar-refractivity contribution in [1.82, 2.24) is 10.7 Å². The van der Waals surface area contributed by atoms with Crippen LogP contribution in [-0.2, 0) is 4.79 Å². The molecule has 0 radical (unpaired) electrons. The first kappa shape index (κ1) is 25.0. The number of methoxy groups -OCH3 is 3. The lowest BCUT2D eigenvalue weighted by molar-refractivity contribution is -0.120. The predicted octanol–water partition coefficient (Wildman–Crippen LogP) is 2.30. The normalized spacial score (nSPS) is 10.5. The quantitative estimate of drug-likeness (QED) is 0.233. The zero-order chi connectivity index (χ0) is 23.7. The minimum Gasteiger partial charge on any atom is -0.504 e. The fourth-order valence-corrected chi connectivity index (χ4v) is 3.25. The number of carbonyl (C=O) groups is 2. The maximum Gasteiger partial charge on any atom is 0.259 e. The summed E-state index contributed by atoms with van der Waals surface area (Å²) in [7, 11) is 4.34. The zero-order valence-electron chi connectivity index (χ0n) is 18.0. The Labute approximate surface area is 199 Å². The molecule has 0 saturated heterocycles. The van der Waals surface area contributed by atoms with E-state index in [2.05, 4.69) is 15.8 Å². The minimum absolute atomic E-state index is 0.0446. The monoisotopic (exact) mass is 557 g/mol. The van der Waals surface area contributed by atoms with Gasteiger partial charge < -0.3 is 29.4 Å². The van der Waals surface area contributed by atoms with E-state index in [0.29, 0.717) is 38.7 Å². The summed E-state index contributed by atoms with van der Waals surface area (Å²) in [6.07, 6.45) is 1.41. The molecule has 0 aromatic heterocycles. The van der Waals surface area contributed by atoms with Gasteiger partial charge in [-0.3, -0.25) is 9.59 Å². The SMILES string of the molecule is CCOc1cc(C=NNC(=O)CNC(=O)c2cc(OC)c(OC)c(OC)c2)cc(I)c1O. The molecule has 0 aliphatic rings. The van der Waals surface area contributed by atoms with Crippen LogP contribution >= 0.6 is 22.6 Å². The number of amides is 2. The summed E-state index contributed by atoms with van der Waals surface area (Å²) in [5.74, 6) is 0.336. The van der Waals surface area contributed by atoms with E-state index < -0.39 is 11.8 Å². The van der Waals surface area contributed by atoms with E-state index in [1.807, 2.05) is 22.6 Å². The Morgan fingerprint density at radius 3 is 2.28 bits per heavy atom. The summed E-state index contributed by atoms with van der Waals surface area (Å²) < 4.78 is 21.6. The van der Waals surface area contributed by atoms with E-state index in [0.717, 1.165) is 0 Å². The summed E-state index contributed by atoms with van der Waals surface area (Å²) in [6, 6.07) is 6.24. The lowest BCUT2D eigenvalue weighted by atomic mass is 10.1. The van der Waals surface area contributed by atoms with Crippen LogP contribution in [0.15, 0.2) is 29.4 Å².